The molecule has 3 nitrogen and oxygen atoms in total. The van der Waals surface area contributed by atoms with Crippen LogP contribution >= 0.6 is 0 Å². The van der Waals surface area contributed by atoms with Crippen LogP contribution in [0.25, 0.3) is 0 Å². The molecule has 0 saturated carbocycles. The summed E-state index contributed by atoms with van der Waals surface area (Å²) in [5, 5.41) is 8.80. The van der Waals surface area contributed by atoms with Crippen LogP contribution in [0.5, 0.6) is 5.75 Å². The zero-order valence-electron chi connectivity index (χ0n) is 17.2. The van der Waals surface area contributed by atoms with E-state index in [0.29, 0.717) is 12.2 Å². The van der Waals surface area contributed by atoms with Gasteiger partial charge >= 0.3 is 170 Å². The fourth-order valence-electron chi connectivity index (χ4n) is 3.48. The topological polar surface area (TPSA) is 46.5 Å². The molecule has 0 aromatic heterocycles. The molecular formula is C23H30O3Se. The monoisotopic (exact) mass is 434 g/mol. The SMILES string of the molecule is CCCOc1cc([Se]C#C/C(C)=C/C(=O)O)cc2c1C(C)(C)CCC2(C)C. The molecule has 0 spiro atoms. The van der Waals surface area contributed by atoms with Gasteiger partial charge in [0.2, 0.25) is 0 Å². The third kappa shape index (κ3) is 5.41. The first-order chi connectivity index (χ1) is 12.6. The van der Waals surface area contributed by atoms with Crippen molar-refractivity contribution in [1.82, 2.24) is 0 Å². The summed E-state index contributed by atoms with van der Waals surface area (Å²) >= 11 is -0.0510. The van der Waals surface area contributed by atoms with Crippen LogP contribution in [0.3, 0.4) is 0 Å². The van der Waals surface area contributed by atoms with Crippen LogP contribution in [0.4, 0.5) is 0 Å². The molecule has 0 fully saturated rings. The van der Waals surface area contributed by atoms with Crippen LogP contribution in [0.1, 0.15) is 71.9 Å². The number of ether oxygens (including phenoxy) is 1. The predicted molar refractivity (Wildman–Crippen MR) is 112 cm³/mol. The molecule has 4 heteroatoms. The molecule has 1 N–H and O–H groups in total. The molecule has 0 bridgehead atoms. The number of benzene rings is 1. The number of hydrogen-bond acceptors (Lipinski definition) is 2. The van der Waals surface area contributed by atoms with Crippen molar-refractivity contribution in [3.05, 3.63) is 34.9 Å². The van der Waals surface area contributed by atoms with Crippen LogP contribution < -0.4 is 9.20 Å². The number of carbonyl (C=O) groups is 1. The van der Waals surface area contributed by atoms with Gasteiger partial charge in [0.05, 0.1) is 0 Å². The van der Waals surface area contributed by atoms with Gasteiger partial charge in [0.15, 0.2) is 0 Å². The Balaban J connectivity index is 2.47. The first kappa shape index (κ1) is 21.6. The summed E-state index contributed by atoms with van der Waals surface area (Å²) in [6, 6.07) is 4.46. The molecule has 0 aliphatic heterocycles. The first-order valence-electron chi connectivity index (χ1n) is 9.48. The van der Waals surface area contributed by atoms with Crippen molar-refractivity contribution in [3.8, 4) is 16.5 Å². The Morgan fingerprint density at radius 1 is 1.26 bits per heavy atom. The summed E-state index contributed by atoms with van der Waals surface area (Å²) in [7, 11) is 0. The summed E-state index contributed by atoms with van der Waals surface area (Å²) in [5.74, 6) is 3.01. The van der Waals surface area contributed by atoms with E-state index in [0.717, 1.165) is 31.1 Å². The molecule has 1 aliphatic carbocycles. The van der Waals surface area contributed by atoms with Gasteiger partial charge in [-0.1, -0.05) is 0 Å². The Kier molecular flexibility index (Phi) is 6.84. The van der Waals surface area contributed by atoms with Crippen molar-refractivity contribution in [2.45, 2.75) is 71.6 Å². The van der Waals surface area contributed by atoms with E-state index in [1.54, 1.807) is 6.92 Å². The van der Waals surface area contributed by atoms with Gasteiger partial charge in [0.1, 0.15) is 0 Å². The van der Waals surface area contributed by atoms with Crippen molar-refractivity contribution < 1.29 is 14.6 Å². The number of carboxylic acids is 1. The summed E-state index contributed by atoms with van der Waals surface area (Å²) in [6.45, 7) is 13.8. The van der Waals surface area contributed by atoms with Crippen LogP contribution in [-0.4, -0.2) is 32.6 Å². The molecule has 0 heterocycles. The number of carboxylic acid groups (broad SMARTS) is 1. The average molecular weight is 433 g/mol. The second-order valence-corrected chi connectivity index (χ2v) is 10.3. The van der Waals surface area contributed by atoms with E-state index < -0.39 is 5.97 Å². The Morgan fingerprint density at radius 3 is 2.56 bits per heavy atom. The van der Waals surface area contributed by atoms with Crippen molar-refractivity contribution in [1.29, 1.82) is 0 Å². The van der Waals surface area contributed by atoms with E-state index in [9.17, 15) is 4.79 Å². The molecule has 27 heavy (non-hydrogen) atoms. The second kappa shape index (κ2) is 8.55. The molecule has 0 unspecified atom stereocenters. The number of allylic oxidation sites excluding steroid dienone is 1. The van der Waals surface area contributed by atoms with Crippen LogP contribution in [-0.2, 0) is 15.6 Å². The van der Waals surface area contributed by atoms with E-state index in [1.165, 1.54) is 15.6 Å². The van der Waals surface area contributed by atoms with Gasteiger partial charge in [0, 0.05) is 0 Å². The maximum atomic E-state index is 10.7. The van der Waals surface area contributed by atoms with Crippen molar-refractivity contribution >= 4 is 25.4 Å². The fourth-order valence-corrected chi connectivity index (χ4v) is 4.89. The van der Waals surface area contributed by atoms with E-state index >= 15 is 0 Å². The summed E-state index contributed by atoms with van der Waals surface area (Å²) in [4.78, 5) is 13.9. The van der Waals surface area contributed by atoms with Crippen molar-refractivity contribution in [2.24, 2.45) is 0 Å². The van der Waals surface area contributed by atoms with Gasteiger partial charge in [0.25, 0.3) is 0 Å². The first-order valence-corrected chi connectivity index (χ1v) is 11.2. The second-order valence-electron chi connectivity index (χ2n) is 8.45. The van der Waals surface area contributed by atoms with Crippen LogP contribution in [0.2, 0.25) is 0 Å². The summed E-state index contributed by atoms with van der Waals surface area (Å²) in [6.07, 6.45) is 4.44. The zero-order valence-corrected chi connectivity index (χ0v) is 18.9. The quantitative estimate of drug-likeness (QED) is 0.431. The average Bonchev–Trinajstić information content (AvgIpc) is 2.56. The predicted octanol–water partition coefficient (Wildman–Crippen LogP) is 4.15. The normalized spacial score (nSPS) is 17.5. The van der Waals surface area contributed by atoms with Gasteiger partial charge in [-0.15, -0.1) is 0 Å². The van der Waals surface area contributed by atoms with E-state index in [1.807, 2.05) is 0 Å². The minimum absolute atomic E-state index is 0.0510. The molecule has 2 rings (SSSR count). The van der Waals surface area contributed by atoms with Gasteiger partial charge in [-0.05, 0) is 0 Å². The number of hydrogen-bond donors (Lipinski definition) is 1. The molecule has 1 aromatic rings. The van der Waals surface area contributed by atoms with E-state index in [-0.39, 0.29) is 25.8 Å². The standard InChI is InChI=1S/C23H30O3Se/c1-7-11-26-19-15-17(27-12-8-16(2)13-20(24)25)14-18-21(19)23(5,6)10-9-22(18,3)4/h13-15H,7,9-11H2,1-6H3,(H,24,25)/b16-13+. The van der Waals surface area contributed by atoms with Crippen LogP contribution in [0, 0.1) is 10.7 Å². The van der Waals surface area contributed by atoms with Crippen LogP contribution in [0.15, 0.2) is 23.8 Å². The van der Waals surface area contributed by atoms with Gasteiger partial charge in [-0.3, -0.25) is 0 Å². The van der Waals surface area contributed by atoms with Gasteiger partial charge in [-0.25, -0.2) is 0 Å². The molecule has 0 radical (unpaired) electrons. The Labute approximate surface area is 169 Å². The zero-order chi connectivity index (χ0) is 20.2. The third-order valence-corrected chi connectivity index (χ3v) is 6.49. The maximum absolute atomic E-state index is 10.7. The molecule has 1 aromatic carbocycles. The number of rotatable bonds is 5. The molecule has 1 aliphatic rings. The third-order valence-electron chi connectivity index (χ3n) is 5.08. The van der Waals surface area contributed by atoms with E-state index in [2.05, 4.69) is 57.5 Å². The molecule has 0 saturated heterocycles. The Morgan fingerprint density at radius 2 is 1.93 bits per heavy atom. The summed E-state index contributed by atoms with van der Waals surface area (Å²) < 4.78 is 7.36. The number of aliphatic carboxylic acids is 1. The minimum atomic E-state index is -0.956. The van der Waals surface area contributed by atoms with Gasteiger partial charge in [-0.2, -0.15) is 0 Å². The summed E-state index contributed by atoms with van der Waals surface area (Å²) in [5.41, 5.74) is 3.52. The molecule has 0 atom stereocenters. The number of fused-ring (bicyclic) bond motifs is 1. The van der Waals surface area contributed by atoms with Crippen molar-refractivity contribution in [2.75, 3.05) is 6.61 Å². The Bertz CT molecular complexity index is 807. The molecule has 146 valence electrons. The fraction of sp³-hybridized carbons (Fsp3) is 0.522. The van der Waals surface area contributed by atoms with E-state index in [4.69, 9.17) is 9.84 Å². The molecular weight excluding hydrogens is 403 g/mol. The molecule has 0 amide bonds. The van der Waals surface area contributed by atoms with Crippen molar-refractivity contribution in [3.63, 3.8) is 0 Å². The Hall–Kier alpha value is -1.69. The van der Waals surface area contributed by atoms with Gasteiger partial charge < -0.3 is 0 Å².